The van der Waals surface area contributed by atoms with Crippen LogP contribution in [0.2, 0.25) is 0 Å². The molecule has 0 aromatic heterocycles. The van der Waals surface area contributed by atoms with Crippen molar-refractivity contribution in [1.29, 1.82) is 0 Å². The van der Waals surface area contributed by atoms with Crippen molar-refractivity contribution in [2.45, 2.75) is 0 Å². The molecule has 2 nitrogen and oxygen atoms in total. The van der Waals surface area contributed by atoms with Crippen molar-refractivity contribution in [3.05, 3.63) is 200 Å². The Balaban J connectivity index is 1.10. The minimum Gasteiger partial charge on any atom is -0.456 e. The molecule has 1 aliphatic heterocycles. The molecule has 0 unspecified atom stereocenters. The van der Waals surface area contributed by atoms with Gasteiger partial charge in [0.15, 0.2) is 0 Å². The number of benzene rings is 9. The first-order chi connectivity index (χ1) is 25.8. The summed E-state index contributed by atoms with van der Waals surface area (Å²) >= 11 is 0. The molecule has 0 spiro atoms. The van der Waals surface area contributed by atoms with Crippen molar-refractivity contribution in [3.63, 3.8) is 0 Å². The van der Waals surface area contributed by atoms with Crippen LogP contribution in [-0.4, -0.2) is 0 Å². The second-order valence-corrected chi connectivity index (χ2v) is 13.3. The number of hydrogen-bond donors (Lipinski definition) is 0. The summed E-state index contributed by atoms with van der Waals surface area (Å²) in [5.41, 5.74) is 12.7. The average molecular weight is 664 g/mol. The molecule has 0 aliphatic carbocycles. The molecule has 0 fully saturated rings. The Morgan fingerprint density at radius 1 is 0.308 bits per heavy atom. The summed E-state index contributed by atoms with van der Waals surface area (Å²) < 4.78 is 6.43. The Labute approximate surface area is 303 Å². The van der Waals surface area contributed by atoms with Crippen LogP contribution in [0.4, 0.5) is 17.1 Å². The van der Waals surface area contributed by atoms with E-state index in [-0.39, 0.29) is 0 Å². The number of hydrogen-bond acceptors (Lipinski definition) is 2. The van der Waals surface area contributed by atoms with Gasteiger partial charge in [0.2, 0.25) is 0 Å². The zero-order valence-electron chi connectivity index (χ0n) is 28.4. The molecule has 0 N–H and O–H groups in total. The highest BCUT2D eigenvalue weighted by atomic mass is 16.5. The maximum Gasteiger partial charge on any atom is 0.135 e. The van der Waals surface area contributed by atoms with Gasteiger partial charge in [0.25, 0.3) is 0 Å². The quantitative estimate of drug-likeness (QED) is 0.176. The van der Waals surface area contributed by atoms with E-state index in [2.05, 4.69) is 205 Å². The summed E-state index contributed by atoms with van der Waals surface area (Å²) in [6.45, 7) is 0. The van der Waals surface area contributed by atoms with Gasteiger partial charge in [0, 0.05) is 28.0 Å². The van der Waals surface area contributed by atoms with Crippen LogP contribution < -0.4 is 9.64 Å². The monoisotopic (exact) mass is 663 g/mol. The van der Waals surface area contributed by atoms with Gasteiger partial charge in [0.05, 0.1) is 0 Å². The summed E-state index contributed by atoms with van der Waals surface area (Å²) in [5, 5.41) is 4.84. The number of nitrogens with zero attached hydrogens (tertiary/aromatic N) is 1. The molecule has 9 aromatic rings. The third-order valence-electron chi connectivity index (χ3n) is 10.2. The molecule has 0 radical (unpaired) electrons. The molecule has 10 rings (SSSR count). The lowest BCUT2D eigenvalue weighted by Crippen LogP contribution is -2.10. The van der Waals surface area contributed by atoms with E-state index in [4.69, 9.17) is 4.74 Å². The van der Waals surface area contributed by atoms with Gasteiger partial charge in [-0.2, -0.15) is 0 Å². The zero-order chi connectivity index (χ0) is 34.4. The van der Waals surface area contributed by atoms with E-state index in [1.807, 2.05) is 0 Å². The van der Waals surface area contributed by atoms with Crippen molar-refractivity contribution in [2.75, 3.05) is 4.90 Å². The summed E-state index contributed by atoms with van der Waals surface area (Å²) in [5.74, 6) is 1.80. The van der Waals surface area contributed by atoms with Crippen LogP contribution in [0, 0.1) is 0 Å². The Kier molecular flexibility index (Phi) is 7.18. The molecular weight excluding hydrogens is 631 g/mol. The van der Waals surface area contributed by atoms with Gasteiger partial charge in [-0.25, -0.2) is 0 Å². The van der Waals surface area contributed by atoms with Gasteiger partial charge in [-0.3, -0.25) is 0 Å². The van der Waals surface area contributed by atoms with E-state index < -0.39 is 0 Å². The van der Waals surface area contributed by atoms with Crippen molar-refractivity contribution in [2.24, 2.45) is 0 Å². The highest BCUT2D eigenvalue weighted by Gasteiger charge is 2.21. The smallest absolute Gasteiger partial charge is 0.135 e. The summed E-state index contributed by atoms with van der Waals surface area (Å²) in [4.78, 5) is 2.37. The minimum absolute atomic E-state index is 0.886. The Morgan fingerprint density at radius 3 is 1.71 bits per heavy atom. The summed E-state index contributed by atoms with van der Waals surface area (Å²) in [7, 11) is 0. The predicted octanol–water partition coefficient (Wildman–Crippen LogP) is 14.2. The maximum absolute atomic E-state index is 6.43. The number of rotatable bonds is 6. The molecule has 52 heavy (non-hydrogen) atoms. The van der Waals surface area contributed by atoms with Crippen LogP contribution >= 0.6 is 0 Å². The average Bonchev–Trinajstić information content (AvgIpc) is 3.22. The van der Waals surface area contributed by atoms with E-state index >= 15 is 0 Å². The van der Waals surface area contributed by atoms with Crippen molar-refractivity contribution in [3.8, 4) is 56.0 Å². The zero-order valence-corrected chi connectivity index (χ0v) is 28.4. The van der Waals surface area contributed by atoms with E-state index in [0.29, 0.717) is 0 Å². The maximum atomic E-state index is 6.43. The molecule has 244 valence electrons. The molecule has 1 heterocycles. The largest absolute Gasteiger partial charge is 0.456 e. The van der Waals surface area contributed by atoms with E-state index in [0.717, 1.165) is 45.3 Å². The molecule has 0 atom stereocenters. The van der Waals surface area contributed by atoms with Crippen LogP contribution in [0.15, 0.2) is 200 Å². The van der Waals surface area contributed by atoms with Crippen molar-refractivity contribution >= 4 is 38.6 Å². The topological polar surface area (TPSA) is 12.5 Å². The summed E-state index contributed by atoms with van der Waals surface area (Å²) in [6.07, 6.45) is 0. The fourth-order valence-corrected chi connectivity index (χ4v) is 7.74. The number of anilines is 3. The highest BCUT2D eigenvalue weighted by molar-refractivity contribution is 6.04. The molecule has 9 aromatic carbocycles. The number of fused-ring (bicyclic) bond motifs is 3. The van der Waals surface area contributed by atoms with Crippen molar-refractivity contribution in [1.82, 2.24) is 0 Å². The van der Waals surface area contributed by atoms with Gasteiger partial charge < -0.3 is 9.64 Å². The molecule has 0 saturated heterocycles. The van der Waals surface area contributed by atoms with Gasteiger partial charge in [-0.15, -0.1) is 0 Å². The molecule has 0 bridgehead atoms. The first-order valence-electron chi connectivity index (χ1n) is 17.8. The third-order valence-corrected chi connectivity index (χ3v) is 10.2. The van der Waals surface area contributed by atoms with E-state index in [1.54, 1.807) is 0 Å². The lowest BCUT2D eigenvalue weighted by molar-refractivity contribution is 0.487. The fraction of sp³-hybridized carbons (Fsp3) is 0. The second kappa shape index (κ2) is 12.5. The summed E-state index contributed by atoms with van der Waals surface area (Å²) in [6, 6.07) is 71.7. The molecule has 0 saturated carbocycles. The molecule has 0 amide bonds. The van der Waals surface area contributed by atoms with Crippen molar-refractivity contribution < 1.29 is 4.74 Å². The van der Waals surface area contributed by atoms with Crippen LogP contribution in [-0.2, 0) is 0 Å². The van der Waals surface area contributed by atoms with Gasteiger partial charge in [-0.05, 0) is 110 Å². The Hall–Kier alpha value is -6.90. The van der Waals surface area contributed by atoms with Gasteiger partial charge in [-0.1, -0.05) is 146 Å². The molecule has 1 aliphatic rings. The predicted molar refractivity (Wildman–Crippen MR) is 218 cm³/mol. The van der Waals surface area contributed by atoms with Crippen LogP contribution in [0.3, 0.4) is 0 Å². The van der Waals surface area contributed by atoms with Gasteiger partial charge >= 0.3 is 0 Å². The fourth-order valence-electron chi connectivity index (χ4n) is 7.74. The normalized spacial score (nSPS) is 11.6. The third kappa shape index (κ3) is 5.21. The first kappa shape index (κ1) is 30.0. The highest BCUT2D eigenvalue weighted by Crippen LogP contribution is 2.48. The van der Waals surface area contributed by atoms with Gasteiger partial charge in [0.1, 0.15) is 11.5 Å². The van der Waals surface area contributed by atoms with Crippen LogP contribution in [0.5, 0.6) is 11.5 Å². The first-order valence-corrected chi connectivity index (χ1v) is 17.8. The minimum atomic E-state index is 0.886. The van der Waals surface area contributed by atoms with Crippen LogP contribution in [0.1, 0.15) is 0 Å². The van der Waals surface area contributed by atoms with Crippen LogP contribution in [0.25, 0.3) is 66.1 Å². The Bertz CT molecular complexity index is 2760. The molecule has 2 heteroatoms. The van der Waals surface area contributed by atoms with E-state index in [1.165, 1.54) is 49.4 Å². The van der Waals surface area contributed by atoms with E-state index in [9.17, 15) is 0 Å². The molecular formula is C50H33NO. The second-order valence-electron chi connectivity index (χ2n) is 13.3. The number of ether oxygens (including phenoxy) is 1. The SMILES string of the molecule is c1ccc(-c2ccc(N(c3cccc(-c4ccc5c(c4)-c4cccc6cccc(c46)O5)c3)c3cccc(-c4cccc5ccccc45)c3)cc2)cc1. The lowest BCUT2D eigenvalue weighted by atomic mass is 9.92. The Morgan fingerprint density at radius 2 is 0.885 bits per heavy atom. The standard InChI is InChI=1S/C50H33NO/c1-2-11-34(12-3-1)35-25-28-41(29-26-35)51(43-20-7-18-40(32-43)45-22-8-14-36-13-4-5-21-44(36)45)42-19-6-17-38(31-42)39-27-30-48-47(33-39)46-23-9-15-37-16-10-24-49(52-48)50(37)46/h1-33H. The lowest BCUT2D eigenvalue weighted by Gasteiger charge is -2.27.